The lowest BCUT2D eigenvalue weighted by Crippen LogP contribution is -2.37. The van der Waals surface area contributed by atoms with Gasteiger partial charge in [0, 0.05) is 25.7 Å². The Morgan fingerprint density at radius 1 is 1.19 bits per heavy atom. The zero-order valence-corrected chi connectivity index (χ0v) is 15.3. The van der Waals surface area contributed by atoms with Gasteiger partial charge in [0.2, 0.25) is 0 Å². The highest BCUT2D eigenvalue weighted by Crippen LogP contribution is 2.36. The van der Waals surface area contributed by atoms with E-state index >= 15 is 0 Å². The molecular formula is C20H23F3N2O2. The van der Waals surface area contributed by atoms with Gasteiger partial charge in [0.1, 0.15) is 5.75 Å². The SMILES string of the molecule is CCCCNC(=O)N(C)Cc1cccc(-c2cc(C(F)(F)F)ccc2O)c1. The van der Waals surface area contributed by atoms with Gasteiger partial charge in [-0.05, 0) is 41.8 Å². The van der Waals surface area contributed by atoms with Crippen LogP contribution in [0.5, 0.6) is 5.75 Å². The fourth-order valence-corrected chi connectivity index (χ4v) is 2.63. The molecule has 7 heteroatoms. The van der Waals surface area contributed by atoms with E-state index in [9.17, 15) is 23.1 Å². The van der Waals surface area contributed by atoms with Gasteiger partial charge in [-0.25, -0.2) is 4.79 Å². The van der Waals surface area contributed by atoms with Gasteiger partial charge in [0.25, 0.3) is 0 Å². The summed E-state index contributed by atoms with van der Waals surface area (Å²) in [6.07, 6.45) is -2.62. The predicted molar refractivity (Wildman–Crippen MR) is 98.3 cm³/mol. The van der Waals surface area contributed by atoms with Gasteiger partial charge in [-0.1, -0.05) is 31.5 Å². The van der Waals surface area contributed by atoms with Crippen LogP contribution in [-0.2, 0) is 12.7 Å². The van der Waals surface area contributed by atoms with Crippen molar-refractivity contribution in [2.45, 2.75) is 32.5 Å². The van der Waals surface area contributed by atoms with Crippen LogP contribution >= 0.6 is 0 Å². The van der Waals surface area contributed by atoms with Gasteiger partial charge < -0.3 is 15.3 Å². The van der Waals surface area contributed by atoms with Crippen LogP contribution < -0.4 is 5.32 Å². The first kappa shape index (κ1) is 20.6. The Morgan fingerprint density at radius 3 is 2.59 bits per heavy atom. The van der Waals surface area contributed by atoms with E-state index < -0.39 is 11.7 Å². The molecule has 0 bridgehead atoms. The van der Waals surface area contributed by atoms with Gasteiger partial charge in [-0.3, -0.25) is 0 Å². The van der Waals surface area contributed by atoms with E-state index in [0.717, 1.165) is 36.6 Å². The Kier molecular flexibility index (Phi) is 6.71. The summed E-state index contributed by atoms with van der Waals surface area (Å²) in [7, 11) is 1.65. The molecule has 2 rings (SSSR count). The number of benzene rings is 2. The van der Waals surface area contributed by atoms with E-state index in [1.807, 2.05) is 6.92 Å². The molecule has 0 aliphatic heterocycles. The van der Waals surface area contributed by atoms with Crippen molar-refractivity contribution in [1.82, 2.24) is 10.2 Å². The maximum absolute atomic E-state index is 13.0. The van der Waals surface area contributed by atoms with E-state index in [1.165, 1.54) is 4.90 Å². The molecule has 0 aliphatic rings. The molecule has 0 saturated carbocycles. The second-order valence-electron chi connectivity index (χ2n) is 6.37. The summed E-state index contributed by atoms with van der Waals surface area (Å²) in [6, 6.07) is 9.36. The average Bonchev–Trinajstić information content (AvgIpc) is 2.61. The molecule has 2 N–H and O–H groups in total. The minimum Gasteiger partial charge on any atom is -0.507 e. The van der Waals surface area contributed by atoms with Crippen LogP contribution in [0.4, 0.5) is 18.0 Å². The number of aromatic hydroxyl groups is 1. The number of hydrogen-bond donors (Lipinski definition) is 2. The number of unbranched alkanes of at least 4 members (excludes halogenated alkanes) is 1. The largest absolute Gasteiger partial charge is 0.507 e. The molecule has 2 amide bonds. The normalized spacial score (nSPS) is 11.3. The van der Waals surface area contributed by atoms with E-state index in [-0.39, 0.29) is 17.3 Å². The molecule has 0 heterocycles. The number of amides is 2. The topological polar surface area (TPSA) is 52.6 Å². The van der Waals surface area contributed by atoms with Crippen LogP contribution in [-0.4, -0.2) is 29.6 Å². The molecule has 0 unspecified atom stereocenters. The molecule has 4 nitrogen and oxygen atoms in total. The van der Waals surface area contributed by atoms with Crippen LogP contribution in [0.15, 0.2) is 42.5 Å². The quantitative estimate of drug-likeness (QED) is 0.692. The summed E-state index contributed by atoms with van der Waals surface area (Å²) in [5.74, 6) is -0.231. The van der Waals surface area contributed by atoms with E-state index in [0.29, 0.717) is 18.7 Å². The molecule has 2 aromatic rings. The van der Waals surface area contributed by atoms with Crippen molar-refractivity contribution in [2.24, 2.45) is 0 Å². The van der Waals surface area contributed by atoms with Crippen LogP contribution in [0.25, 0.3) is 11.1 Å². The molecule has 2 aromatic carbocycles. The summed E-state index contributed by atoms with van der Waals surface area (Å²) in [5.41, 5.74) is 0.475. The van der Waals surface area contributed by atoms with Crippen LogP contribution in [0.3, 0.4) is 0 Å². The lowest BCUT2D eigenvalue weighted by atomic mass is 9.99. The van der Waals surface area contributed by atoms with Gasteiger partial charge in [-0.15, -0.1) is 0 Å². The first-order valence-electron chi connectivity index (χ1n) is 8.71. The number of urea groups is 1. The molecule has 0 aromatic heterocycles. The monoisotopic (exact) mass is 380 g/mol. The highest BCUT2D eigenvalue weighted by molar-refractivity contribution is 5.74. The zero-order valence-electron chi connectivity index (χ0n) is 15.3. The highest BCUT2D eigenvalue weighted by atomic mass is 19.4. The molecule has 0 aliphatic carbocycles. The van der Waals surface area contributed by atoms with E-state index in [1.54, 1.807) is 31.3 Å². The van der Waals surface area contributed by atoms with Crippen molar-refractivity contribution in [3.05, 3.63) is 53.6 Å². The number of carbonyl (C=O) groups excluding carboxylic acids is 1. The van der Waals surface area contributed by atoms with Gasteiger partial charge >= 0.3 is 12.2 Å². The molecule has 27 heavy (non-hydrogen) atoms. The van der Waals surface area contributed by atoms with E-state index in [4.69, 9.17) is 0 Å². The minimum atomic E-state index is -4.49. The smallest absolute Gasteiger partial charge is 0.416 e. The summed E-state index contributed by atoms with van der Waals surface area (Å²) in [6.45, 7) is 2.92. The van der Waals surface area contributed by atoms with Crippen molar-refractivity contribution >= 4 is 6.03 Å². The molecule has 0 atom stereocenters. The minimum absolute atomic E-state index is 0.0988. The fraction of sp³-hybridized carbons (Fsp3) is 0.350. The Hall–Kier alpha value is -2.70. The second-order valence-corrected chi connectivity index (χ2v) is 6.37. The third-order valence-corrected chi connectivity index (χ3v) is 4.13. The molecule has 146 valence electrons. The summed E-state index contributed by atoms with van der Waals surface area (Å²) in [5, 5.41) is 12.8. The lowest BCUT2D eigenvalue weighted by Gasteiger charge is -2.18. The first-order chi connectivity index (χ1) is 12.7. The van der Waals surface area contributed by atoms with Gasteiger partial charge in [0.05, 0.1) is 5.56 Å². The number of halogens is 3. The number of hydrogen-bond acceptors (Lipinski definition) is 2. The number of nitrogens with zero attached hydrogens (tertiary/aromatic N) is 1. The molecule has 0 spiro atoms. The fourth-order valence-electron chi connectivity index (χ4n) is 2.63. The maximum atomic E-state index is 13.0. The van der Waals surface area contributed by atoms with Crippen LogP contribution in [0, 0.1) is 0 Å². The van der Waals surface area contributed by atoms with Crippen molar-refractivity contribution in [1.29, 1.82) is 0 Å². The maximum Gasteiger partial charge on any atom is 0.416 e. The predicted octanol–water partition coefficient (Wildman–Crippen LogP) is 5.02. The summed E-state index contributed by atoms with van der Waals surface area (Å²) < 4.78 is 38.9. The summed E-state index contributed by atoms with van der Waals surface area (Å²) >= 11 is 0. The van der Waals surface area contributed by atoms with Crippen molar-refractivity contribution < 1.29 is 23.1 Å². The first-order valence-corrected chi connectivity index (χ1v) is 8.71. The molecular weight excluding hydrogens is 357 g/mol. The third-order valence-electron chi connectivity index (χ3n) is 4.13. The summed E-state index contributed by atoms with van der Waals surface area (Å²) in [4.78, 5) is 13.5. The number of alkyl halides is 3. The number of phenols is 1. The number of rotatable bonds is 6. The van der Waals surface area contributed by atoms with Crippen LogP contribution in [0.1, 0.15) is 30.9 Å². The Bertz CT molecular complexity index is 791. The number of nitrogens with one attached hydrogen (secondary N) is 1. The second kappa shape index (κ2) is 8.79. The molecule has 0 saturated heterocycles. The number of phenolic OH excluding ortho intramolecular Hbond substituents is 1. The Morgan fingerprint density at radius 2 is 1.93 bits per heavy atom. The van der Waals surface area contributed by atoms with Gasteiger partial charge in [-0.2, -0.15) is 13.2 Å². The third kappa shape index (κ3) is 5.64. The highest BCUT2D eigenvalue weighted by Gasteiger charge is 2.31. The average molecular weight is 380 g/mol. The molecule has 0 radical (unpaired) electrons. The number of carbonyl (C=O) groups is 1. The zero-order chi connectivity index (χ0) is 20.0. The Balaban J connectivity index is 2.19. The van der Waals surface area contributed by atoms with E-state index in [2.05, 4.69) is 5.32 Å². The van der Waals surface area contributed by atoms with Crippen molar-refractivity contribution in [3.8, 4) is 16.9 Å². The van der Waals surface area contributed by atoms with Crippen molar-refractivity contribution in [2.75, 3.05) is 13.6 Å². The van der Waals surface area contributed by atoms with Gasteiger partial charge in [0.15, 0.2) is 0 Å². The van der Waals surface area contributed by atoms with Crippen LogP contribution in [0.2, 0.25) is 0 Å². The lowest BCUT2D eigenvalue weighted by molar-refractivity contribution is -0.137. The Labute approximate surface area is 156 Å². The standard InChI is InChI=1S/C20H23F3N2O2/c1-3-4-10-24-19(27)25(2)13-14-6-5-7-15(11-14)17-12-16(20(21,22)23)8-9-18(17)26/h5-9,11-12,26H,3-4,10,13H2,1-2H3,(H,24,27). The molecule has 0 fully saturated rings. The van der Waals surface area contributed by atoms with Crippen molar-refractivity contribution in [3.63, 3.8) is 0 Å².